The lowest BCUT2D eigenvalue weighted by Gasteiger charge is -2.21. The average molecular weight is 163 g/mol. The van der Waals surface area contributed by atoms with Gasteiger partial charge in [0.1, 0.15) is 0 Å². The second-order valence-electron chi connectivity index (χ2n) is 3.19. The summed E-state index contributed by atoms with van der Waals surface area (Å²) in [5, 5.41) is 11.4. The van der Waals surface area contributed by atoms with Crippen LogP contribution in [0.4, 0.5) is 0 Å². The molecular weight excluding hydrogens is 150 g/mol. The first-order valence-electron chi connectivity index (χ1n) is 4.45. The van der Waals surface area contributed by atoms with E-state index in [-0.39, 0.29) is 0 Å². The molecule has 1 saturated heterocycles. The first-order chi connectivity index (χ1) is 5.97. The summed E-state index contributed by atoms with van der Waals surface area (Å²) in [5.41, 5.74) is 1.13. The van der Waals surface area contributed by atoms with Crippen molar-refractivity contribution >= 4 is 0 Å². The predicted octanol–water partition coefficient (Wildman–Crippen LogP) is 0.944. The van der Waals surface area contributed by atoms with Gasteiger partial charge in [-0.05, 0) is 31.5 Å². The number of nitrogens with one attached hydrogen (secondary N) is 1. The van der Waals surface area contributed by atoms with Crippen molar-refractivity contribution in [1.82, 2.24) is 15.5 Å². The molecule has 3 heteroatoms. The molecule has 0 aliphatic carbocycles. The van der Waals surface area contributed by atoms with Crippen molar-refractivity contribution < 1.29 is 0 Å². The van der Waals surface area contributed by atoms with E-state index in [0.717, 1.165) is 18.8 Å². The van der Waals surface area contributed by atoms with Crippen LogP contribution in [-0.2, 0) is 0 Å². The Hall–Kier alpha value is -0.960. The van der Waals surface area contributed by atoms with Gasteiger partial charge in [0.2, 0.25) is 0 Å². The van der Waals surface area contributed by atoms with Gasteiger partial charge in [-0.2, -0.15) is 10.2 Å². The van der Waals surface area contributed by atoms with Crippen molar-refractivity contribution in [3.8, 4) is 0 Å². The van der Waals surface area contributed by atoms with Crippen LogP contribution < -0.4 is 5.32 Å². The molecule has 1 aromatic heterocycles. The lowest BCUT2D eigenvalue weighted by atomic mass is 9.96. The highest BCUT2D eigenvalue weighted by molar-refractivity contribution is 5.07. The molecule has 0 amide bonds. The number of hydrogen-bond acceptors (Lipinski definition) is 3. The summed E-state index contributed by atoms with van der Waals surface area (Å²) in [4.78, 5) is 0. The summed E-state index contributed by atoms with van der Waals surface area (Å²) in [7, 11) is 0. The van der Waals surface area contributed by atoms with Crippen LogP contribution in [0.1, 0.15) is 24.5 Å². The number of nitrogens with zero attached hydrogens (tertiary/aromatic N) is 2. The topological polar surface area (TPSA) is 37.8 Å². The Labute approximate surface area is 72.2 Å². The molecule has 3 nitrogen and oxygen atoms in total. The summed E-state index contributed by atoms with van der Waals surface area (Å²) in [6.45, 7) is 2.20. The van der Waals surface area contributed by atoms with Crippen molar-refractivity contribution in [1.29, 1.82) is 0 Å². The van der Waals surface area contributed by atoms with Gasteiger partial charge in [0.25, 0.3) is 0 Å². The Morgan fingerprint density at radius 3 is 3.17 bits per heavy atom. The van der Waals surface area contributed by atoms with Crippen LogP contribution >= 0.6 is 0 Å². The van der Waals surface area contributed by atoms with E-state index in [2.05, 4.69) is 21.6 Å². The molecule has 1 unspecified atom stereocenters. The largest absolute Gasteiger partial charge is 0.316 e. The van der Waals surface area contributed by atoms with Crippen molar-refractivity contribution in [3.05, 3.63) is 24.0 Å². The van der Waals surface area contributed by atoms with E-state index in [4.69, 9.17) is 0 Å². The van der Waals surface area contributed by atoms with Gasteiger partial charge in [0.15, 0.2) is 0 Å². The van der Waals surface area contributed by atoms with Crippen LogP contribution in [-0.4, -0.2) is 23.3 Å². The third-order valence-corrected chi connectivity index (χ3v) is 2.31. The second-order valence-corrected chi connectivity index (χ2v) is 3.19. The van der Waals surface area contributed by atoms with Gasteiger partial charge >= 0.3 is 0 Å². The van der Waals surface area contributed by atoms with Crippen molar-refractivity contribution in [2.45, 2.75) is 18.8 Å². The van der Waals surface area contributed by atoms with Gasteiger partial charge < -0.3 is 5.32 Å². The van der Waals surface area contributed by atoms with E-state index in [1.54, 1.807) is 6.20 Å². The molecule has 0 bridgehead atoms. The van der Waals surface area contributed by atoms with Crippen molar-refractivity contribution in [2.75, 3.05) is 13.1 Å². The number of hydrogen-bond donors (Lipinski definition) is 1. The van der Waals surface area contributed by atoms with E-state index in [9.17, 15) is 0 Å². The highest BCUT2D eigenvalue weighted by atomic mass is 15.1. The molecule has 1 aromatic rings. The van der Waals surface area contributed by atoms with Gasteiger partial charge in [-0.15, -0.1) is 0 Å². The molecule has 2 heterocycles. The van der Waals surface area contributed by atoms with Gasteiger partial charge in [-0.3, -0.25) is 0 Å². The van der Waals surface area contributed by atoms with E-state index >= 15 is 0 Å². The highest BCUT2D eigenvalue weighted by Crippen LogP contribution is 2.19. The Kier molecular flexibility index (Phi) is 2.32. The highest BCUT2D eigenvalue weighted by Gasteiger charge is 2.15. The van der Waals surface area contributed by atoms with Crippen LogP contribution in [0.2, 0.25) is 0 Å². The normalized spacial score (nSPS) is 23.8. The van der Waals surface area contributed by atoms with E-state index < -0.39 is 0 Å². The van der Waals surface area contributed by atoms with E-state index in [1.807, 2.05) is 6.07 Å². The van der Waals surface area contributed by atoms with E-state index in [0.29, 0.717) is 5.92 Å². The zero-order valence-electron chi connectivity index (χ0n) is 7.03. The maximum absolute atomic E-state index is 4.11. The van der Waals surface area contributed by atoms with Crippen LogP contribution in [0.3, 0.4) is 0 Å². The van der Waals surface area contributed by atoms with Crippen LogP contribution in [0.25, 0.3) is 0 Å². The first kappa shape index (κ1) is 7.68. The maximum atomic E-state index is 4.11. The number of aromatic nitrogens is 2. The molecule has 64 valence electrons. The van der Waals surface area contributed by atoms with Crippen LogP contribution in [0.5, 0.6) is 0 Å². The zero-order valence-corrected chi connectivity index (χ0v) is 7.03. The van der Waals surface area contributed by atoms with Gasteiger partial charge in [-0.25, -0.2) is 0 Å². The molecule has 1 atom stereocenters. The van der Waals surface area contributed by atoms with Gasteiger partial charge in [0.05, 0.1) is 5.69 Å². The Morgan fingerprint density at radius 2 is 2.50 bits per heavy atom. The average Bonchev–Trinajstić information content (AvgIpc) is 2.21. The minimum atomic E-state index is 0.576. The quantitative estimate of drug-likeness (QED) is 0.669. The molecule has 0 spiro atoms. The zero-order chi connectivity index (χ0) is 8.23. The molecular formula is C9H13N3. The maximum Gasteiger partial charge on any atom is 0.0674 e. The standard InChI is InChI=1S/C9H13N3/c1-3-8(7-10-5-1)9-4-2-6-11-12-9/h2,4,6,8,10H,1,3,5,7H2. The second kappa shape index (κ2) is 3.63. The third kappa shape index (κ3) is 1.61. The van der Waals surface area contributed by atoms with Crippen molar-refractivity contribution in [3.63, 3.8) is 0 Å². The SMILES string of the molecule is c1cnnc(C2CCCNC2)c1. The number of rotatable bonds is 1. The molecule has 0 radical (unpaired) electrons. The third-order valence-electron chi connectivity index (χ3n) is 2.31. The summed E-state index contributed by atoms with van der Waals surface area (Å²) in [5.74, 6) is 0.576. The van der Waals surface area contributed by atoms with Crippen LogP contribution in [0.15, 0.2) is 18.3 Å². The molecule has 1 N–H and O–H groups in total. The Morgan fingerprint density at radius 1 is 1.50 bits per heavy atom. The summed E-state index contributed by atoms with van der Waals surface area (Å²) in [6.07, 6.45) is 4.21. The fourth-order valence-electron chi connectivity index (χ4n) is 1.64. The molecule has 0 saturated carbocycles. The Balaban J connectivity index is 2.08. The lowest BCUT2D eigenvalue weighted by molar-refractivity contribution is 0.452. The fourth-order valence-corrected chi connectivity index (χ4v) is 1.64. The lowest BCUT2D eigenvalue weighted by Crippen LogP contribution is -2.28. The predicted molar refractivity (Wildman–Crippen MR) is 46.9 cm³/mol. The number of piperidine rings is 1. The Bertz CT molecular complexity index is 229. The van der Waals surface area contributed by atoms with E-state index in [1.165, 1.54) is 12.8 Å². The molecule has 0 aromatic carbocycles. The monoisotopic (exact) mass is 163 g/mol. The van der Waals surface area contributed by atoms with Crippen LogP contribution in [0, 0.1) is 0 Å². The summed E-state index contributed by atoms with van der Waals surface area (Å²) in [6, 6.07) is 4.02. The van der Waals surface area contributed by atoms with Gasteiger partial charge in [0, 0.05) is 18.7 Å². The first-order valence-corrected chi connectivity index (χ1v) is 4.45. The minimum Gasteiger partial charge on any atom is -0.316 e. The fraction of sp³-hybridized carbons (Fsp3) is 0.556. The molecule has 1 fully saturated rings. The molecule has 1 aliphatic heterocycles. The molecule has 1 aliphatic rings. The van der Waals surface area contributed by atoms with Gasteiger partial charge in [-0.1, -0.05) is 0 Å². The summed E-state index contributed by atoms with van der Waals surface area (Å²) < 4.78 is 0. The summed E-state index contributed by atoms with van der Waals surface area (Å²) >= 11 is 0. The molecule has 12 heavy (non-hydrogen) atoms. The minimum absolute atomic E-state index is 0.576. The smallest absolute Gasteiger partial charge is 0.0674 e. The molecule has 2 rings (SSSR count). The van der Waals surface area contributed by atoms with Crippen molar-refractivity contribution in [2.24, 2.45) is 0 Å².